The average molecular weight is 322 g/mol. The summed E-state index contributed by atoms with van der Waals surface area (Å²) in [5, 5.41) is 6.79. The standard InChI is InChI=1S/C17H26N2O2S/c1-5-9-20-15-8-7-14(11-16(15)21-10-6-2)19-17(22)18-12-13(3)4/h7-8,11H,3,5-6,9-10,12H2,1-2,4H3,(H2,18,19,22). The molecule has 22 heavy (non-hydrogen) atoms. The summed E-state index contributed by atoms with van der Waals surface area (Å²) >= 11 is 5.25. The Morgan fingerprint density at radius 3 is 2.36 bits per heavy atom. The van der Waals surface area contributed by atoms with E-state index in [0.717, 1.165) is 35.6 Å². The largest absolute Gasteiger partial charge is 0.490 e. The number of benzene rings is 1. The van der Waals surface area contributed by atoms with Crippen molar-refractivity contribution in [2.75, 3.05) is 25.1 Å². The first-order valence-electron chi connectivity index (χ1n) is 7.65. The van der Waals surface area contributed by atoms with Crippen LogP contribution in [0.3, 0.4) is 0 Å². The second-order valence-corrected chi connectivity index (χ2v) is 5.53. The summed E-state index contributed by atoms with van der Waals surface area (Å²) in [7, 11) is 0. The van der Waals surface area contributed by atoms with Gasteiger partial charge in [-0.1, -0.05) is 26.0 Å². The highest BCUT2D eigenvalue weighted by molar-refractivity contribution is 7.80. The normalized spacial score (nSPS) is 9.95. The van der Waals surface area contributed by atoms with E-state index >= 15 is 0 Å². The van der Waals surface area contributed by atoms with Crippen molar-refractivity contribution in [2.24, 2.45) is 0 Å². The van der Waals surface area contributed by atoms with Gasteiger partial charge in [0.15, 0.2) is 16.6 Å². The van der Waals surface area contributed by atoms with E-state index in [-0.39, 0.29) is 0 Å². The van der Waals surface area contributed by atoms with Gasteiger partial charge in [-0.25, -0.2) is 0 Å². The lowest BCUT2D eigenvalue weighted by molar-refractivity contribution is 0.268. The Labute approximate surface area is 138 Å². The van der Waals surface area contributed by atoms with Crippen LogP contribution in [-0.2, 0) is 0 Å². The zero-order valence-electron chi connectivity index (χ0n) is 13.7. The van der Waals surface area contributed by atoms with Crippen LogP contribution in [0.2, 0.25) is 0 Å². The summed E-state index contributed by atoms with van der Waals surface area (Å²) in [6.07, 6.45) is 1.91. The Hall–Kier alpha value is -1.75. The van der Waals surface area contributed by atoms with Gasteiger partial charge in [0.25, 0.3) is 0 Å². The zero-order valence-corrected chi connectivity index (χ0v) is 14.5. The fourth-order valence-electron chi connectivity index (χ4n) is 1.65. The van der Waals surface area contributed by atoms with Gasteiger partial charge in [-0.2, -0.15) is 0 Å². The van der Waals surface area contributed by atoms with E-state index in [1.807, 2.05) is 25.1 Å². The van der Waals surface area contributed by atoms with Crippen LogP contribution >= 0.6 is 12.2 Å². The van der Waals surface area contributed by atoms with Crippen molar-refractivity contribution in [3.63, 3.8) is 0 Å². The Kier molecular flexibility index (Phi) is 8.36. The van der Waals surface area contributed by atoms with Crippen molar-refractivity contribution in [2.45, 2.75) is 33.6 Å². The fraction of sp³-hybridized carbons (Fsp3) is 0.471. The van der Waals surface area contributed by atoms with E-state index in [2.05, 4.69) is 31.1 Å². The molecule has 0 heterocycles. The minimum absolute atomic E-state index is 0.562. The highest BCUT2D eigenvalue weighted by Gasteiger charge is 2.07. The number of thiocarbonyl (C=S) groups is 1. The van der Waals surface area contributed by atoms with Crippen LogP contribution in [0.25, 0.3) is 0 Å². The molecule has 2 N–H and O–H groups in total. The molecule has 0 spiro atoms. The third-order valence-electron chi connectivity index (χ3n) is 2.68. The van der Waals surface area contributed by atoms with E-state index in [4.69, 9.17) is 21.7 Å². The monoisotopic (exact) mass is 322 g/mol. The minimum atomic E-state index is 0.562. The highest BCUT2D eigenvalue weighted by atomic mass is 32.1. The van der Waals surface area contributed by atoms with Gasteiger partial charge in [0.1, 0.15) is 0 Å². The molecule has 0 unspecified atom stereocenters. The average Bonchev–Trinajstić information content (AvgIpc) is 2.50. The topological polar surface area (TPSA) is 42.5 Å². The fourth-order valence-corrected chi connectivity index (χ4v) is 1.84. The number of nitrogens with one attached hydrogen (secondary N) is 2. The molecule has 0 aliphatic carbocycles. The van der Waals surface area contributed by atoms with Crippen molar-refractivity contribution in [3.8, 4) is 11.5 Å². The smallest absolute Gasteiger partial charge is 0.171 e. The molecule has 1 rings (SSSR count). The van der Waals surface area contributed by atoms with Crippen LogP contribution in [0, 0.1) is 0 Å². The van der Waals surface area contributed by atoms with Crippen LogP contribution in [0.1, 0.15) is 33.6 Å². The maximum absolute atomic E-state index is 5.76. The first-order chi connectivity index (χ1) is 10.6. The van der Waals surface area contributed by atoms with Gasteiger partial charge < -0.3 is 20.1 Å². The van der Waals surface area contributed by atoms with Crippen LogP contribution < -0.4 is 20.1 Å². The van der Waals surface area contributed by atoms with E-state index in [1.54, 1.807) is 0 Å². The molecule has 122 valence electrons. The Bertz CT molecular complexity index is 503. The minimum Gasteiger partial charge on any atom is -0.490 e. The highest BCUT2D eigenvalue weighted by Crippen LogP contribution is 2.30. The van der Waals surface area contributed by atoms with Crippen LogP contribution in [0.4, 0.5) is 5.69 Å². The molecule has 1 aromatic carbocycles. The summed E-state index contributed by atoms with van der Waals surface area (Å²) in [5.74, 6) is 1.50. The van der Waals surface area contributed by atoms with Crippen molar-refractivity contribution in [3.05, 3.63) is 30.4 Å². The summed E-state index contributed by atoms with van der Waals surface area (Å²) in [4.78, 5) is 0. The second kappa shape index (κ2) is 10.1. The summed E-state index contributed by atoms with van der Waals surface area (Å²) < 4.78 is 11.5. The van der Waals surface area contributed by atoms with Crippen LogP contribution in [0.5, 0.6) is 11.5 Å². The molecular formula is C17H26N2O2S. The molecule has 0 aliphatic rings. The first kappa shape index (κ1) is 18.3. The summed E-state index contributed by atoms with van der Waals surface area (Å²) in [5.41, 5.74) is 1.90. The molecule has 0 saturated heterocycles. The van der Waals surface area contributed by atoms with Gasteiger partial charge in [0, 0.05) is 18.3 Å². The predicted molar refractivity (Wildman–Crippen MR) is 97.1 cm³/mol. The molecule has 4 nitrogen and oxygen atoms in total. The van der Waals surface area contributed by atoms with E-state index in [1.165, 1.54) is 0 Å². The molecule has 0 aliphatic heterocycles. The SMILES string of the molecule is C=C(C)CNC(=S)Nc1ccc(OCCC)c(OCCC)c1. The molecule has 0 aromatic heterocycles. The first-order valence-corrected chi connectivity index (χ1v) is 8.06. The maximum atomic E-state index is 5.76. The lowest BCUT2D eigenvalue weighted by atomic mass is 10.2. The molecule has 1 aromatic rings. The lowest BCUT2D eigenvalue weighted by Crippen LogP contribution is -2.29. The lowest BCUT2D eigenvalue weighted by Gasteiger charge is -2.15. The molecule has 5 heteroatoms. The van der Waals surface area contributed by atoms with Gasteiger partial charge in [-0.3, -0.25) is 0 Å². The van der Waals surface area contributed by atoms with E-state index < -0.39 is 0 Å². The summed E-state index contributed by atoms with van der Waals surface area (Å²) in [6, 6.07) is 5.75. The third-order valence-corrected chi connectivity index (χ3v) is 2.92. The molecule has 0 radical (unpaired) electrons. The molecule has 0 bridgehead atoms. The Balaban J connectivity index is 2.74. The van der Waals surface area contributed by atoms with Crippen molar-refractivity contribution in [1.29, 1.82) is 0 Å². The zero-order chi connectivity index (χ0) is 16.4. The van der Waals surface area contributed by atoms with Gasteiger partial charge in [0.05, 0.1) is 13.2 Å². The molecule has 0 atom stereocenters. The van der Waals surface area contributed by atoms with Gasteiger partial charge in [-0.05, 0) is 44.1 Å². The Morgan fingerprint density at radius 1 is 1.14 bits per heavy atom. The number of rotatable bonds is 9. The van der Waals surface area contributed by atoms with Crippen molar-refractivity contribution < 1.29 is 9.47 Å². The van der Waals surface area contributed by atoms with Crippen LogP contribution in [-0.4, -0.2) is 24.9 Å². The van der Waals surface area contributed by atoms with E-state index in [0.29, 0.717) is 24.9 Å². The maximum Gasteiger partial charge on any atom is 0.171 e. The van der Waals surface area contributed by atoms with Crippen molar-refractivity contribution in [1.82, 2.24) is 5.32 Å². The van der Waals surface area contributed by atoms with Gasteiger partial charge in [0.2, 0.25) is 0 Å². The number of hydrogen-bond donors (Lipinski definition) is 2. The summed E-state index contributed by atoms with van der Waals surface area (Å²) in [6.45, 7) is 11.9. The number of anilines is 1. The molecule has 0 saturated carbocycles. The molecule has 0 amide bonds. The predicted octanol–water partition coefficient (Wildman–Crippen LogP) is 4.13. The second-order valence-electron chi connectivity index (χ2n) is 5.12. The quantitative estimate of drug-likeness (QED) is 0.529. The molecular weight excluding hydrogens is 296 g/mol. The Morgan fingerprint density at radius 2 is 1.77 bits per heavy atom. The third kappa shape index (κ3) is 6.80. The van der Waals surface area contributed by atoms with Crippen LogP contribution in [0.15, 0.2) is 30.4 Å². The van der Waals surface area contributed by atoms with Gasteiger partial charge >= 0.3 is 0 Å². The number of hydrogen-bond acceptors (Lipinski definition) is 3. The van der Waals surface area contributed by atoms with Gasteiger partial charge in [-0.15, -0.1) is 0 Å². The van der Waals surface area contributed by atoms with E-state index in [9.17, 15) is 0 Å². The number of ether oxygens (including phenoxy) is 2. The van der Waals surface area contributed by atoms with Crippen molar-refractivity contribution >= 4 is 23.0 Å². The molecule has 0 fully saturated rings.